The Morgan fingerprint density at radius 3 is 2.55 bits per heavy atom. The maximum Gasteiger partial charge on any atom is 0.214 e. The third-order valence-electron chi connectivity index (χ3n) is 5.26. The number of para-hydroxylation sites is 1. The Morgan fingerprint density at radius 1 is 0.974 bits per heavy atom. The second-order valence-electron chi connectivity index (χ2n) is 7.95. The summed E-state index contributed by atoms with van der Waals surface area (Å²) >= 11 is 20.5. The molecule has 0 spiro atoms. The van der Waals surface area contributed by atoms with Gasteiger partial charge < -0.3 is 14.8 Å². The molecule has 3 aromatic carbocycles. The second kappa shape index (κ2) is 15.4. The molecule has 0 saturated heterocycles. The molecule has 12 heteroatoms. The molecule has 0 fully saturated rings. The number of tetrazole rings is 1. The third-order valence-corrected chi connectivity index (χ3v) is 7.13. The number of hydrogen-bond donors (Lipinski definition) is 1. The minimum Gasteiger partial charge on any atom is -0.490 e. The van der Waals surface area contributed by atoms with Gasteiger partial charge in [0.1, 0.15) is 6.61 Å². The lowest BCUT2D eigenvalue weighted by Crippen LogP contribution is -2.15. The van der Waals surface area contributed by atoms with E-state index >= 15 is 0 Å². The lowest BCUT2D eigenvalue weighted by molar-refractivity contribution is 0.269. The fourth-order valence-electron chi connectivity index (χ4n) is 3.51. The minimum atomic E-state index is 0. The van der Waals surface area contributed by atoms with Gasteiger partial charge in [-0.1, -0.05) is 70.8 Å². The maximum absolute atomic E-state index is 6.58. The van der Waals surface area contributed by atoms with Gasteiger partial charge in [0, 0.05) is 27.9 Å². The van der Waals surface area contributed by atoms with Crippen LogP contribution in [-0.4, -0.2) is 39.1 Å². The van der Waals surface area contributed by atoms with Gasteiger partial charge in [-0.15, -0.1) is 17.5 Å². The number of nitrogens with zero attached hydrogens (tertiary/aromatic N) is 4. The van der Waals surface area contributed by atoms with Crippen molar-refractivity contribution in [1.29, 1.82) is 0 Å². The Bertz CT molecular complexity index is 1310. The second-order valence-corrected chi connectivity index (χ2v) is 10.3. The Balaban J connectivity index is 0.00000400. The van der Waals surface area contributed by atoms with Gasteiger partial charge in [-0.25, -0.2) is 0 Å². The van der Waals surface area contributed by atoms with Crippen LogP contribution in [-0.2, 0) is 13.2 Å². The summed E-state index contributed by atoms with van der Waals surface area (Å²) in [6, 6.07) is 19.0. The summed E-state index contributed by atoms with van der Waals surface area (Å²) < 4.78 is 13.6. The number of ether oxygens (including phenoxy) is 2. The number of hydrogen-bond acceptors (Lipinski definition) is 7. The highest BCUT2D eigenvalue weighted by Gasteiger charge is 2.14. The van der Waals surface area contributed by atoms with Gasteiger partial charge >= 0.3 is 0 Å². The zero-order valence-corrected chi connectivity index (χ0v) is 24.5. The van der Waals surface area contributed by atoms with E-state index in [9.17, 15) is 0 Å². The van der Waals surface area contributed by atoms with Gasteiger partial charge in [0.05, 0.1) is 17.3 Å². The fraction of sp³-hybridized carbons (Fsp3) is 0.269. The number of rotatable bonds is 13. The van der Waals surface area contributed by atoms with Gasteiger partial charge in [-0.05, 0) is 72.3 Å². The van der Waals surface area contributed by atoms with Gasteiger partial charge in [-0.2, -0.15) is 4.68 Å². The molecule has 0 unspecified atom stereocenters. The zero-order valence-electron chi connectivity index (χ0n) is 20.6. The molecular formula is C26H27Cl4N5O2S. The molecule has 0 bridgehead atoms. The van der Waals surface area contributed by atoms with Crippen molar-refractivity contribution in [2.75, 3.05) is 18.9 Å². The van der Waals surface area contributed by atoms with Crippen molar-refractivity contribution in [2.24, 2.45) is 0 Å². The highest BCUT2D eigenvalue weighted by molar-refractivity contribution is 7.99. The number of thioether (sulfide) groups is 1. The molecule has 0 atom stereocenters. The first-order valence-electron chi connectivity index (χ1n) is 11.7. The molecule has 202 valence electrons. The average molecular weight is 615 g/mol. The monoisotopic (exact) mass is 613 g/mol. The SMILES string of the molecule is CCOc1cc(CNCCCSc2nnnn2-c2ccccc2)cc(Cl)c1OCc1ccc(Cl)cc1Cl.Cl. The van der Waals surface area contributed by atoms with Crippen molar-refractivity contribution >= 4 is 59.0 Å². The van der Waals surface area contributed by atoms with Crippen LogP contribution in [0.3, 0.4) is 0 Å². The van der Waals surface area contributed by atoms with Crippen LogP contribution in [0.2, 0.25) is 15.1 Å². The summed E-state index contributed by atoms with van der Waals surface area (Å²) in [6.45, 7) is 4.14. The summed E-state index contributed by atoms with van der Waals surface area (Å²) in [6.07, 6.45) is 0.946. The number of benzene rings is 3. The van der Waals surface area contributed by atoms with E-state index < -0.39 is 0 Å². The van der Waals surface area contributed by atoms with Crippen molar-refractivity contribution in [2.45, 2.75) is 31.7 Å². The highest BCUT2D eigenvalue weighted by Crippen LogP contribution is 2.37. The lowest BCUT2D eigenvalue weighted by atomic mass is 10.2. The fourth-order valence-corrected chi connectivity index (χ4v) is 5.09. The van der Waals surface area contributed by atoms with Gasteiger partial charge in [0.2, 0.25) is 5.16 Å². The van der Waals surface area contributed by atoms with Crippen LogP contribution in [0.15, 0.2) is 65.8 Å². The average Bonchev–Trinajstić information content (AvgIpc) is 3.36. The molecule has 7 nitrogen and oxygen atoms in total. The van der Waals surface area contributed by atoms with Crippen LogP contribution >= 0.6 is 59.0 Å². The van der Waals surface area contributed by atoms with Crippen molar-refractivity contribution < 1.29 is 9.47 Å². The number of halogens is 4. The summed E-state index contributed by atoms with van der Waals surface area (Å²) in [5.74, 6) is 1.97. The van der Waals surface area contributed by atoms with E-state index in [1.165, 1.54) is 0 Å². The van der Waals surface area contributed by atoms with Gasteiger partial charge in [0.25, 0.3) is 0 Å². The predicted molar refractivity (Wildman–Crippen MR) is 157 cm³/mol. The van der Waals surface area contributed by atoms with Gasteiger partial charge in [-0.3, -0.25) is 0 Å². The molecule has 1 heterocycles. The van der Waals surface area contributed by atoms with Crippen LogP contribution in [0.25, 0.3) is 5.69 Å². The van der Waals surface area contributed by atoms with Crippen LogP contribution < -0.4 is 14.8 Å². The van der Waals surface area contributed by atoms with E-state index in [0.717, 1.165) is 40.7 Å². The van der Waals surface area contributed by atoms with Crippen LogP contribution in [0.4, 0.5) is 0 Å². The maximum atomic E-state index is 6.58. The molecule has 1 aromatic heterocycles. The van der Waals surface area contributed by atoms with E-state index in [0.29, 0.717) is 39.7 Å². The smallest absolute Gasteiger partial charge is 0.214 e. The number of nitrogens with one attached hydrogen (secondary N) is 1. The Morgan fingerprint density at radius 2 is 1.79 bits per heavy atom. The van der Waals surface area contributed by atoms with Gasteiger partial charge in [0.15, 0.2) is 11.5 Å². The Labute approximate surface area is 247 Å². The quantitative estimate of drug-likeness (QED) is 0.125. The van der Waals surface area contributed by atoms with Crippen molar-refractivity contribution in [3.05, 3.63) is 86.9 Å². The zero-order chi connectivity index (χ0) is 26.0. The minimum absolute atomic E-state index is 0. The number of aromatic nitrogens is 4. The lowest BCUT2D eigenvalue weighted by Gasteiger charge is -2.16. The molecule has 4 aromatic rings. The summed E-state index contributed by atoms with van der Waals surface area (Å²) in [5, 5.41) is 17.9. The highest BCUT2D eigenvalue weighted by atomic mass is 35.5. The largest absolute Gasteiger partial charge is 0.490 e. The molecule has 0 saturated carbocycles. The molecule has 0 amide bonds. The van der Waals surface area contributed by atoms with E-state index in [-0.39, 0.29) is 19.0 Å². The topological polar surface area (TPSA) is 74.1 Å². The summed E-state index contributed by atoms with van der Waals surface area (Å²) in [7, 11) is 0. The van der Waals surface area contributed by atoms with Crippen LogP contribution in [0.5, 0.6) is 11.5 Å². The molecule has 0 aliphatic heterocycles. The van der Waals surface area contributed by atoms with Crippen molar-refractivity contribution in [3.63, 3.8) is 0 Å². The molecule has 0 aliphatic carbocycles. The Hall–Kier alpha value is -2.20. The first kappa shape index (κ1) is 30.3. The molecule has 0 aliphatic rings. The first-order chi connectivity index (χ1) is 18.0. The Kier molecular flexibility index (Phi) is 12.3. The standard InChI is InChI=1S/C26H26Cl3N5O2S.ClH/c1-2-35-24-14-18(13-23(29)25(24)36-17-19-9-10-20(27)15-22(19)28)16-30-11-6-12-37-26-31-32-33-34(26)21-7-4-3-5-8-21;/h3-5,7-10,13-15,30H,2,6,11-12,16-17H2,1H3;1H. The molecule has 38 heavy (non-hydrogen) atoms. The van der Waals surface area contributed by atoms with E-state index in [1.807, 2.05) is 55.5 Å². The third kappa shape index (κ3) is 8.40. The summed E-state index contributed by atoms with van der Waals surface area (Å²) in [4.78, 5) is 0. The normalized spacial score (nSPS) is 10.7. The van der Waals surface area contributed by atoms with E-state index in [4.69, 9.17) is 44.3 Å². The summed E-state index contributed by atoms with van der Waals surface area (Å²) in [5.41, 5.74) is 2.76. The van der Waals surface area contributed by atoms with Crippen molar-refractivity contribution in [1.82, 2.24) is 25.5 Å². The molecule has 0 radical (unpaired) electrons. The van der Waals surface area contributed by atoms with Crippen LogP contribution in [0, 0.1) is 0 Å². The predicted octanol–water partition coefficient (Wildman–Crippen LogP) is 7.29. The molecule has 4 rings (SSSR count). The van der Waals surface area contributed by atoms with E-state index in [2.05, 4.69) is 20.8 Å². The van der Waals surface area contributed by atoms with Crippen LogP contribution in [0.1, 0.15) is 24.5 Å². The molecule has 1 N–H and O–H groups in total. The van der Waals surface area contributed by atoms with Crippen molar-refractivity contribution in [3.8, 4) is 17.2 Å². The first-order valence-corrected chi connectivity index (χ1v) is 13.9. The van der Waals surface area contributed by atoms with E-state index in [1.54, 1.807) is 28.6 Å². The molecular weight excluding hydrogens is 588 g/mol.